The Balaban J connectivity index is 1.37. The maximum absolute atomic E-state index is 12.9. The number of hydrogen-bond acceptors (Lipinski definition) is 3. The van der Waals surface area contributed by atoms with Crippen molar-refractivity contribution in [2.75, 3.05) is 32.7 Å². The van der Waals surface area contributed by atoms with Gasteiger partial charge in [0.1, 0.15) is 5.82 Å². The monoisotopic (exact) mass is 389 g/mol. The minimum absolute atomic E-state index is 0.00829. The highest BCUT2D eigenvalue weighted by Crippen LogP contribution is 2.30. The van der Waals surface area contributed by atoms with Crippen LogP contribution in [0.2, 0.25) is 0 Å². The molecule has 0 spiro atoms. The second-order valence-electron chi connectivity index (χ2n) is 7.68. The van der Waals surface area contributed by atoms with Crippen LogP contribution in [-0.4, -0.2) is 60.7 Å². The van der Waals surface area contributed by atoms with E-state index < -0.39 is 0 Å². The average Bonchev–Trinajstić information content (AvgIpc) is 2.74. The molecule has 0 unspecified atom stereocenters. The van der Waals surface area contributed by atoms with Gasteiger partial charge in [0.2, 0.25) is 18.2 Å². The highest BCUT2D eigenvalue weighted by atomic mass is 19.1. The van der Waals surface area contributed by atoms with E-state index in [4.69, 9.17) is 0 Å². The lowest BCUT2D eigenvalue weighted by molar-refractivity contribution is -0.141. The second kappa shape index (κ2) is 9.66. The Hall–Kier alpha value is -2.44. The molecule has 0 atom stereocenters. The zero-order valence-corrected chi connectivity index (χ0v) is 16.1. The Morgan fingerprint density at radius 2 is 1.61 bits per heavy atom. The third-order valence-electron chi connectivity index (χ3n) is 5.85. The number of nitrogens with one attached hydrogen (secondary N) is 1. The number of carbonyl (C=O) groups excluding carboxylic acids is 3. The summed E-state index contributed by atoms with van der Waals surface area (Å²) in [4.78, 5) is 39.4. The quantitative estimate of drug-likeness (QED) is 0.752. The standard InChI is InChI=1S/C21H28FN3O3/c22-19-7-1-16(2-8-19)9-10-23-20(27)17-3-5-18(6-4-17)21(28)25-13-11-24(15-26)12-14-25/h1-2,7-8,15,17-18H,3-6,9-14H2,(H,23,27). The molecule has 2 fully saturated rings. The van der Waals surface area contributed by atoms with Crippen molar-refractivity contribution in [3.05, 3.63) is 35.6 Å². The lowest BCUT2D eigenvalue weighted by Gasteiger charge is -2.36. The van der Waals surface area contributed by atoms with E-state index in [-0.39, 0.29) is 29.5 Å². The molecule has 1 aromatic carbocycles. The van der Waals surface area contributed by atoms with Crippen molar-refractivity contribution in [1.82, 2.24) is 15.1 Å². The zero-order chi connectivity index (χ0) is 19.9. The Morgan fingerprint density at radius 3 is 2.21 bits per heavy atom. The summed E-state index contributed by atoms with van der Waals surface area (Å²) in [6, 6.07) is 6.31. The van der Waals surface area contributed by atoms with Crippen molar-refractivity contribution >= 4 is 18.2 Å². The van der Waals surface area contributed by atoms with Gasteiger partial charge < -0.3 is 15.1 Å². The van der Waals surface area contributed by atoms with Crippen LogP contribution in [0, 0.1) is 17.7 Å². The molecule has 152 valence electrons. The summed E-state index contributed by atoms with van der Waals surface area (Å²) < 4.78 is 12.9. The first kappa shape index (κ1) is 20.3. The number of benzene rings is 1. The minimum atomic E-state index is -0.260. The molecule has 3 amide bonds. The van der Waals surface area contributed by atoms with Gasteiger partial charge in [0.05, 0.1) is 0 Å². The largest absolute Gasteiger partial charge is 0.356 e. The van der Waals surface area contributed by atoms with E-state index >= 15 is 0 Å². The molecular weight excluding hydrogens is 361 g/mol. The van der Waals surface area contributed by atoms with Crippen LogP contribution in [0.1, 0.15) is 31.2 Å². The Kier molecular flexibility index (Phi) is 7.01. The third-order valence-corrected chi connectivity index (χ3v) is 5.85. The van der Waals surface area contributed by atoms with Crippen LogP contribution >= 0.6 is 0 Å². The van der Waals surface area contributed by atoms with Crippen molar-refractivity contribution in [3.8, 4) is 0 Å². The third kappa shape index (κ3) is 5.30. The van der Waals surface area contributed by atoms with Gasteiger partial charge in [-0.15, -0.1) is 0 Å². The highest BCUT2D eigenvalue weighted by Gasteiger charge is 2.33. The highest BCUT2D eigenvalue weighted by molar-refractivity contribution is 5.81. The average molecular weight is 389 g/mol. The molecule has 1 aromatic rings. The van der Waals surface area contributed by atoms with Crippen LogP contribution in [0.25, 0.3) is 0 Å². The molecule has 1 heterocycles. The van der Waals surface area contributed by atoms with Gasteiger partial charge in [-0.25, -0.2) is 4.39 Å². The summed E-state index contributed by atoms with van der Waals surface area (Å²) in [6.45, 7) is 2.93. The molecule has 1 saturated heterocycles. The van der Waals surface area contributed by atoms with E-state index in [1.807, 2.05) is 4.90 Å². The van der Waals surface area contributed by atoms with Gasteiger partial charge in [-0.2, -0.15) is 0 Å². The van der Waals surface area contributed by atoms with Gasteiger partial charge in [-0.1, -0.05) is 12.1 Å². The molecule has 2 aliphatic rings. The second-order valence-corrected chi connectivity index (χ2v) is 7.68. The number of rotatable bonds is 6. The number of piperazine rings is 1. The summed E-state index contributed by atoms with van der Waals surface area (Å²) in [7, 11) is 0. The summed E-state index contributed by atoms with van der Waals surface area (Å²) >= 11 is 0. The number of amides is 3. The first-order chi connectivity index (χ1) is 13.6. The van der Waals surface area contributed by atoms with Crippen molar-refractivity contribution in [2.24, 2.45) is 11.8 Å². The summed E-state index contributed by atoms with van der Waals surface area (Å²) in [5.41, 5.74) is 0.991. The van der Waals surface area contributed by atoms with Crippen LogP contribution in [0.4, 0.5) is 4.39 Å². The fraction of sp³-hybridized carbons (Fsp3) is 0.571. The molecule has 0 bridgehead atoms. The van der Waals surface area contributed by atoms with E-state index in [1.54, 1.807) is 17.0 Å². The first-order valence-electron chi connectivity index (χ1n) is 10.1. The molecule has 1 aliphatic heterocycles. The maximum Gasteiger partial charge on any atom is 0.225 e. The van der Waals surface area contributed by atoms with Crippen molar-refractivity contribution in [1.29, 1.82) is 0 Å². The lowest BCUT2D eigenvalue weighted by atomic mass is 9.81. The number of hydrogen-bond donors (Lipinski definition) is 1. The molecule has 28 heavy (non-hydrogen) atoms. The zero-order valence-electron chi connectivity index (χ0n) is 16.1. The molecular formula is C21H28FN3O3. The molecule has 3 rings (SSSR count). The molecule has 1 N–H and O–H groups in total. The normalized spacial score (nSPS) is 22.6. The molecule has 7 heteroatoms. The topological polar surface area (TPSA) is 69.7 Å². The predicted octanol–water partition coefficient (Wildman–Crippen LogP) is 1.59. The van der Waals surface area contributed by atoms with Crippen molar-refractivity contribution in [3.63, 3.8) is 0 Å². The van der Waals surface area contributed by atoms with Crippen LogP contribution in [0.5, 0.6) is 0 Å². The summed E-state index contributed by atoms with van der Waals surface area (Å²) in [5, 5.41) is 2.97. The summed E-state index contributed by atoms with van der Waals surface area (Å²) in [5.74, 6) is -0.0896. The number of halogens is 1. The predicted molar refractivity (Wildman–Crippen MR) is 103 cm³/mol. The van der Waals surface area contributed by atoms with E-state index in [2.05, 4.69) is 5.32 Å². The molecule has 1 saturated carbocycles. The minimum Gasteiger partial charge on any atom is -0.356 e. The van der Waals surface area contributed by atoms with Gasteiger partial charge in [0, 0.05) is 44.6 Å². The van der Waals surface area contributed by atoms with E-state index in [0.29, 0.717) is 39.1 Å². The first-order valence-corrected chi connectivity index (χ1v) is 10.1. The maximum atomic E-state index is 12.9. The molecule has 6 nitrogen and oxygen atoms in total. The van der Waals surface area contributed by atoms with Gasteiger partial charge >= 0.3 is 0 Å². The van der Waals surface area contributed by atoms with Gasteiger partial charge in [0.15, 0.2) is 0 Å². The number of nitrogens with zero attached hydrogens (tertiary/aromatic N) is 2. The SMILES string of the molecule is O=CN1CCN(C(=O)C2CCC(C(=O)NCCc3ccc(F)cc3)CC2)CC1. The van der Waals surface area contributed by atoms with Gasteiger partial charge in [-0.3, -0.25) is 14.4 Å². The van der Waals surface area contributed by atoms with E-state index in [9.17, 15) is 18.8 Å². The van der Waals surface area contributed by atoms with Crippen LogP contribution in [0.3, 0.4) is 0 Å². The van der Waals surface area contributed by atoms with E-state index in [0.717, 1.165) is 37.7 Å². The van der Waals surface area contributed by atoms with Crippen LogP contribution < -0.4 is 5.32 Å². The van der Waals surface area contributed by atoms with E-state index in [1.165, 1.54) is 12.1 Å². The van der Waals surface area contributed by atoms with Crippen molar-refractivity contribution in [2.45, 2.75) is 32.1 Å². The fourth-order valence-electron chi connectivity index (χ4n) is 4.03. The molecule has 0 radical (unpaired) electrons. The van der Waals surface area contributed by atoms with Crippen LogP contribution in [0.15, 0.2) is 24.3 Å². The smallest absolute Gasteiger partial charge is 0.225 e. The van der Waals surface area contributed by atoms with Gasteiger partial charge in [-0.05, 0) is 49.8 Å². The lowest BCUT2D eigenvalue weighted by Crippen LogP contribution is -2.50. The Morgan fingerprint density at radius 1 is 1.00 bits per heavy atom. The van der Waals surface area contributed by atoms with Gasteiger partial charge in [0.25, 0.3) is 0 Å². The molecule has 1 aliphatic carbocycles. The van der Waals surface area contributed by atoms with Crippen LogP contribution in [-0.2, 0) is 20.8 Å². The summed E-state index contributed by atoms with van der Waals surface area (Å²) in [6.07, 6.45) is 4.44. The fourth-order valence-corrected chi connectivity index (χ4v) is 4.03. The molecule has 0 aromatic heterocycles. The Labute approximate surface area is 165 Å². The van der Waals surface area contributed by atoms with Crippen molar-refractivity contribution < 1.29 is 18.8 Å². The Bertz CT molecular complexity index is 679. The number of carbonyl (C=O) groups is 3.